The molecule has 1 saturated carbocycles. The van der Waals surface area contributed by atoms with Gasteiger partial charge in [0.15, 0.2) is 0 Å². The predicted octanol–water partition coefficient (Wildman–Crippen LogP) is 4.14. The fourth-order valence-corrected chi connectivity index (χ4v) is 3.60. The number of hydrogen-bond acceptors (Lipinski definition) is 4. The molecule has 0 aromatic heterocycles. The largest absolute Gasteiger partial charge is 0.491 e. The van der Waals surface area contributed by atoms with E-state index in [4.69, 9.17) is 10.5 Å². The second-order valence-electron chi connectivity index (χ2n) is 5.82. The maximum atomic E-state index is 5.97. The topological polar surface area (TPSA) is 47.3 Å². The Labute approximate surface area is 126 Å². The van der Waals surface area contributed by atoms with E-state index in [1.807, 2.05) is 37.7 Å². The highest BCUT2D eigenvalue weighted by molar-refractivity contribution is 7.99. The molecule has 3 nitrogen and oxygen atoms in total. The van der Waals surface area contributed by atoms with Gasteiger partial charge >= 0.3 is 0 Å². The Morgan fingerprint density at radius 1 is 1.30 bits per heavy atom. The number of nitrogen functional groups attached to an aromatic ring is 1. The van der Waals surface area contributed by atoms with E-state index in [1.165, 1.54) is 25.7 Å². The SMILES string of the molecule is CSC1CCCC(Nc2cc(N)cc(OC(C)C)c2)C1. The minimum Gasteiger partial charge on any atom is -0.491 e. The van der Waals surface area contributed by atoms with Crippen molar-refractivity contribution in [3.63, 3.8) is 0 Å². The molecule has 0 aliphatic heterocycles. The molecule has 112 valence electrons. The highest BCUT2D eigenvalue weighted by atomic mass is 32.2. The van der Waals surface area contributed by atoms with Gasteiger partial charge in [0, 0.05) is 34.8 Å². The van der Waals surface area contributed by atoms with E-state index in [2.05, 4.69) is 17.6 Å². The number of nitrogens with one attached hydrogen (secondary N) is 1. The van der Waals surface area contributed by atoms with E-state index < -0.39 is 0 Å². The van der Waals surface area contributed by atoms with Crippen molar-refractivity contribution in [2.75, 3.05) is 17.3 Å². The van der Waals surface area contributed by atoms with E-state index in [9.17, 15) is 0 Å². The van der Waals surface area contributed by atoms with Crippen molar-refractivity contribution in [2.45, 2.75) is 56.9 Å². The molecule has 0 amide bonds. The van der Waals surface area contributed by atoms with Gasteiger partial charge in [-0.3, -0.25) is 0 Å². The zero-order chi connectivity index (χ0) is 14.5. The van der Waals surface area contributed by atoms with Crippen molar-refractivity contribution in [1.29, 1.82) is 0 Å². The molecule has 1 aromatic carbocycles. The lowest BCUT2D eigenvalue weighted by Crippen LogP contribution is -2.28. The third-order valence-electron chi connectivity index (χ3n) is 3.63. The van der Waals surface area contributed by atoms with Crippen molar-refractivity contribution in [3.8, 4) is 5.75 Å². The smallest absolute Gasteiger partial charge is 0.123 e. The first-order valence-corrected chi connectivity index (χ1v) is 8.72. The lowest BCUT2D eigenvalue weighted by molar-refractivity contribution is 0.242. The lowest BCUT2D eigenvalue weighted by atomic mass is 9.94. The zero-order valence-electron chi connectivity index (χ0n) is 12.7. The van der Waals surface area contributed by atoms with E-state index in [0.717, 1.165) is 22.4 Å². The Morgan fingerprint density at radius 2 is 2.10 bits per heavy atom. The van der Waals surface area contributed by atoms with Crippen LogP contribution in [0.1, 0.15) is 39.5 Å². The van der Waals surface area contributed by atoms with Crippen LogP contribution in [0.5, 0.6) is 5.75 Å². The Hall–Kier alpha value is -1.03. The quantitative estimate of drug-likeness (QED) is 0.801. The number of rotatable bonds is 5. The van der Waals surface area contributed by atoms with Crippen LogP contribution in [0.15, 0.2) is 18.2 Å². The Kier molecular flexibility index (Phi) is 5.46. The van der Waals surface area contributed by atoms with Crippen LogP contribution in [-0.2, 0) is 0 Å². The molecule has 0 radical (unpaired) electrons. The van der Waals surface area contributed by atoms with Gasteiger partial charge in [0.1, 0.15) is 5.75 Å². The first-order valence-electron chi connectivity index (χ1n) is 7.43. The predicted molar refractivity (Wildman–Crippen MR) is 89.8 cm³/mol. The maximum absolute atomic E-state index is 5.97. The average molecular weight is 294 g/mol. The first kappa shape index (κ1) is 15.4. The Bertz CT molecular complexity index is 436. The third-order valence-corrected chi connectivity index (χ3v) is 4.73. The molecule has 1 aliphatic carbocycles. The third kappa shape index (κ3) is 4.51. The molecule has 1 aliphatic rings. The van der Waals surface area contributed by atoms with Crippen molar-refractivity contribution in [3.05, 3.63) is 18.2 Å². The normalized spacial score (nSPS) is 22.8. The fourth-order valence-electron chi connectivity index (χ4n) is 2.77. The summed E-state index contributed by atoms with van der Waals surface area (Å²) in [5.41, 5.74) is 7.80. The number of nitrogens with two attached hydrogens (primary N) is 1. The van der Waals surface area contributed by atoms with Gasteiger partial charge in [-0.05, 0) is 45.4 Å². The van der Waals surface area contributed by atoms with Gasteiger partial charge in [0.25, 0.3) is 0 Å². The highest BCUT2D eigenvalue weighted by Gasteiger charge is 2.21. The first-order chi connectivity index (χ1) is 9.56. The van der Waals surface area contributed by atoms with E-state index in [0.29, 0.717) is 6.04 Å². The van der Waals surface area contributed by atoms with Crippen LogP contribution in [0.4, 0.5) is 11.4 Å². The number of anilines is 2. The summed E-state index contributed by atoms with van der Waals surface area (Å²) in [7, 11) is 0. The molecule has 2 rings (SSSR count). The summed E-state index contributed by atoms with van der Waals surface area (Å²) in [6.45, 7) is 4.06. The molecule has 2 atom stereocenters. The molecule has 2 unspecified atom stereocenters. The summed E-state index contributed by atoms with van der Waals surface area (Å²) >= 11 is 1.99. The second-order valence-corrected chi connectivity index (χ2v) is 6.96. The highest BCUT2D eigenvalue weighted by Crippen LogP contribution is 2.30. The molecular weight excluding hydrogens is 268 g/mol. The lowest BCUT2D eigenvalue weighted by Gasteiger charge is -2.29. The monoisotopic (exact) mass is 294 g/mol. The van der Waals surface area contributed by atoms with Gasteiger partial charge in [-0.2, -0.15) is 11.8 Å². The maximum Gasteiger partial charge on any atom is 0.123 e. The summed E-state index contributed by atoms with van der Waals surface area (Å²) in [4.78, 5) is 0. The molecule has 4 heteroatoms. The van der Waals surface area contributed by atoms with Crippen LogP contribution in [-0.4, -0.2) is 23.7 Å². The zero-order valence-corrected chi connectivity index (χ0v) is 13.5. The van der Waals surface area contributed by atoms with Crippen molar-refractivity contribution in [1.82, 2.24) is 0 Å². The number of ether oxygens (including phenoxy) is 1. The van der Waals surface area contributed by atoms with Crippen LogP contribution < -0.4 is 15.8 Å². The van der Waals surface area contributed by atoms with Crippen molar-refractivity contribution < 1.29 is 4.74 Å². The van der Waals surface area contributed by atoms with Gasteiger partial charge in [0.05, 0.1) is 6.10 Å². The van der Waals surface area contributed by atoms with Gasteiger partial charge in [-0.25, -0.2) is 0 Å². The molecule has 1 fully saturated rings. The Balaban J connectivity index is 2.02. The number of thioether (sulfide) groups is 1. The average Bonchev–Trinajstić information content (AvgIpc) is 2.37. The van der Waals surface area contributed by atoms with E-state index in [1.54, 1.807) is 0 Å². The van der Waals surface area contributed by atoms with Crippen LogP contribution >= 0.6 is 11.8 Å². The van der Waals surface area contributed by atoms with Gasteiger partial charge in [-0.1, -0.05) is 6.42 Å². The van der Waals surface area contributed by atoms with Crippen LogP contribution in [0, 0.1) is 0 Å². The number of hydrogen-bond donors (Lipinski definition) is 2. The molecule has 3 N–H and O–H groups in total. The summed E-state index contributed by atoms with van der Waals surface area (Å²) in [6.07, 6.45) is 7.50. The van der Waals surface area contributed by atoms with E-state index >= 15 is 0 Å². The van der Waals surface area contributed by atoms with Crippen LogP contribution in [0.2, 0.25) is 0 Å². The van der Waals surface area contributed by atoms with Crippen molar-refractivity contribution in [2.24, 2.45) is 0 Å². The Morgan fingerprint density at radius 3 is 2.80 bits per heavy atom. The molecule has 1 aromatic rings. The van der Waals surface area contributed by atoms with E-state index in [-0.39, 0.29) is 6.10 Å². The summed E-state index contributed by atoms with van der Waals surface area (Å²) in [5.74, 6) is 0.847. The minimum absolute atomic E-state index is 0.167. The standard InChI is InChI=1S/C16H26N2OS/c1-11(2)19-15-8-12(17)7-14(9-15)18-13-5-4-6-16(10-13)20-3/h7-9,11,13,16,18H,4-6,10,17H2,1-3H3. The summed E-state index contributed by atoms with van der Waals surface area (Å²) in [6, 6.07) is 6.49. The van der Waals surface area contributed by atoms with Gasteiger partial charge in [-0.15, -0.1) is 0 Å². The second kappa shape index (κ2) is 7.11. The molecule has 0 saturated heterocycles. The molecule has 0 spiro atoms. The summed E-state index contributed by atoms with van der Waals surface area (Å²) in [5, 5.41) is 4.41. The fraction of sp³-hybridized carbons (Fsp3) is 0.625. The minimum atomic E-state index is 0.167. The van der Waals surface area contributed by atoms with Crippen LogP contribution in [0.3, 0.4) is 0 Å². The molecule has 20 heavy (non-hydrogen) atoms. The molecule has 0 bridgehead atoms. The van der Waals surface area contributed by atoms with Gasteiger partial charge < -0.3 is 15.8 Å². The van der Waals surface area contributed by atoms with Gasteiger partial charge in [0.2, 0.25) is 0 Å². The summed E-state index contributed by atoms with van der Waals surface area (Å²) < 4.78 is 5.74. The number of benzene rings is 1. The van der Waals surface area contributed by atoms with Crippen LogP contribution in [0.25, 0.3) is 0 Å². The van der Waals surface area contributed by atoms with Crippen molar-refractivity contribution >= 4 is 23.1 Å². The molecule has 0 heterocycles. The molecular formula is C16H26N2OS.